The molecule has 0 amide bonds. The average molecular weight is 197 g/mol. The molecule has 1 aliphatic rings. The third-order valence-electron chi connectivity index (χ3n) is 2.50. The zero-order valence-corrected chi connectivity index (χ0v) is 9.08. The zero-order valence-electron chi connectivity index (χ0n) is 9.08. The summed E-state index contributed by atoms with van der Waals surface area (Å²) < 4.78 is 10.9. The van der Waals surface area contributed by atoms with Crippen LogP contribution in [-0.2, 0) is 9.47 Å². The van der Waals surface area contributed by atoms with Gasteiger partial charge in [0.25, 0.3) is 0 Å². The second-order valence-electron chi connectivity index (χ2n) is 4.46. The van der Waals surface area contributed by atoms with Crippen LogP contribution in [0.25, 0.3) is 0 Å². The summed E-state index contributed by atoms with van der Waals surface area (Å²) >= 11 is 0. The minimum atomic E-state index is -0.267. The Hall–Kier alpha value is -0.590. The maximum Gasteiger partial charge on any atom is 0.0809 e. The van der Waals surface area contributed by atoms with Gasteiger partial charge < -0.3 is 9.47 Å². The van der Waals surface area contributed by atoms with E-state index in [9.17, 15) is 0 Å². The summed E-state index contributed by atoms with van der Waals surface area (Å²) in [5, 5.41) is 8.77. The number of rotatable bonds is 5. The van der Waals surface area contributed by atoms with E-state index < -0.39 is 0 Å². The van der Waals surface area contributed by atoms with E-state index >= 15 is 0 Å². The highest BCUT2D eigenvalue weighted by atomic mass is 16.5. The molecular weight excluding hydrogens is 178 g/mol. The molecule has 0 bridgehead atoms. The minimum absolute atomic E-state index is 0.267. The molecule has 0 aromatic rings. The average Bonchev–Trinajstić information content (AvgIpc) is 2.65. The molecule has 1 unspecified atom stereocenters. The largest absolute Gasteiger partial charge is 0.379 e. The number of ether oxygens (including phenoxy) is 2. The molecule has 0 N–H and O–H groups in total. The van der Waals surface area contributed by atoms with Crippen LogP contribution in [0.1, 0.15) is 33.1 Å². The van der Waals surface area contributed by atoms with Gasteiger partial charge in [0, 0.05) is 13.2 Å². The summed E-state index contributed by atoms with van der Waals surface area (Å²) in [6.45, 7) is 6.07. The van der Waals surface area contributed by atoms with Crippen LogP contribution >= 0.6 is 0 Å². The van der Waals surface area contributed by atoms with E-state index in [0.717, 1.165) is 25.9 Å². The first-order valence-corrected chi connectivity index (χ1v) is 5.25. The lowest BCUT2D eigenvalue weighted by Crippen LogP contribution is -2.17. The highest BCUT2D eigenvalue weighted by molar-refractivity contribution is 4.91. The molecule has 0 aliphatic carbocycles. The van der Waals surface area contributed by atoms with Crippen LogP contribution in [0.4, 0.5) is 0 Å². The molecule has 1 fully saturated rings. The van der Waals surface area contributed by atoms with Crippen LogP contribution in [-0.4, -0.2) is 25.9 Å². The van der Waals surface area contributed by atoms with Gasteiger partial charge in [-0.15, -0.1) is 0 Å². The number of hydrogen-bond donors (Lipinski definition) is 0. The van der Waals surface area contributed by atoms with Crippen molar-refractivity contribution in [3.05, 3.63) is 0 Å². The van der Waals surface area contributed by atoms with Gasteiger partial charge in [0.2, 0.25) is 0 Å². The van der Waals surface area contributed by atoms with Crippen molar-refractivity contribution in [3.8, 4) is 6.07 Å². The number of hydrogen-bond acceptors (Lipinski definition) is 3. The van der Waals surface area contributed by atoms with Crippen molar-refractivity contribution in [1.29, 1.82) is 5.26 Å². The third-order valence-corrected chi connectivity index (χ3v) is 2.50. The highest BCUT2D eigenvalue weighted by Crippen LogP contribution is 2.18. The molecule has 0 saturated carbocycles. The smallest absolute Gasteiger partial charge is 0.0809 e. The molecule has 1 aliphatic heterocycles. The maximum absolute atomic E-state index is 8.77. The van der Waals surface area contributed by atoms with E-state index in [1.807, 2.05) is 13.8 Å². The normalized spacial score (nSPS) is 22.2. The molecule has 0 spiro atoms. The summed E-state index contributed by atoms with van der Waals surface area (Å²) in [5.74, 6) is 0. The quantitative estimate of drug-likeness (QED) is 0.634. The molecule has 14 heavy (non-hydrogen) atoms. The lowest BCUT2D eigenvalue weighted by atomic mass is 9.92. The fraction of sp³-hybridized carbons (Fsp3) is 0.909. The topological polar surface area (TPSA) is 42.2 Å². The number of nitriles is 1. The van der Waals surface area contributed by atoms with Gasteiger partial charge in [-0.1, -0.05) is 0 Å². The Morgan fingerprint density at radius 2 is 2.36 bits per heavy atom. The molecule has 3 nitrogen and oxygen atoms in total. The van der Waals surface area contributed by atoms with Crippen LogP contribution in [0.5, 0.6) is 0 Å². The Labute approximate surface area is 86.0 Å². The molecule has 1 saturated heterocycles. The van der Waals surface area contributed by atoms with Gasteiger partial charge in [-0.05, 0) is 33.1 Å². The van der Waals surface area contributed by atoms with E-state index in [0.29, 0.717) is 19.3 Å². The fourth-order valence-corrected chi connectivity index (χ4v) is 1.37. The van der Waals surface area contributed by atoms with Crippen molar-refractivity contribution < 1.29 is 9.47 Å². The lowest BCUT2D eigenvalue weighted by Gasteiger charge is -2.16. The van der Waals surface area contributed by atoms with Crippen LogP contribution in [0.15, 0.2) is 0 Å². The van der Waals surface area contributed by atoms with E-state index in [1.165, 1.54) is 0 Å². The number of nitrogens with zero attached hydrogens (tertiary/aromatic N) is 1. The summed E-state index contributed by atoms with van der Waals surface area (Å²) in [4.78, 5) is 0. The first kappa shape index (κ1) is 11.5. The summed E-state index contributed by atoms with van der Waals surface area (Å²) in [6.07, 6.45) is 3.34. The van der Waals surface area contributed by atoms with Crippen molar-refractivity contribution in [3.63, 3.8) is 0 Å². The standard InChI is InChI=1S/C11H19NO2/c1-11(2,9-12)5-7-13-8-10-4-3-6-14-10/h10H,3-8H2,1-2H3. The van der Waals surface area contributed by atoms with Crippen molar-refractivity contribution in [1.82, 2.24) is 0 Å². The first-order chi connectivity index (χ1) is 6.64. The predicted octanol–water partition coefficient (Wildman–Crippen LogP) is 2.12. The van der Waals surface area contributed by atoms with E-state index in [-0.39, 0.29) is 5.41 Å². The summed E-state index contributed by atoms with van der Waals surface area (Å²) in [6, 6.07) is 2.26. The second-order valence-corrected chi connectivity index (χ2v) is 4.46. The molecule has 0 aromatic carbocycles. The van der Waals surface area contributed by atoms with E-state index in [2.05, 4.69) is 6.07 Å². The van der Waals surface area contributed by atoms with Gasteiger partial charge in [0.05, 0.1) is 24.2 Å². The zero-order chi connectivity index (χ0) is 10.4. The van der Waals surface area contributed by atoms with Crippen LogP contribution in [0.3, 0.4) is 0 Å². The third kappa shape index (κ3) is 4.08. The molecular formula is C11H19NO2. The van der Waals surface area contributed by atoms with Crippen LogP contribution in [0, 0.1) is 16.7 Å². The summed E-state index contributed by atoms with van der Waals surface area (Å²) in [5.41, 5.74) is -0.267. The van der Waals surface area contributed by atoms with Gasteiger partial charge in [0.1, 0.15) is 0 Å². The Bertz CT molecular complexity index is 202. The van der Waals surface area contributed by atoms with Gasteiger partial charge in [-0.2, -0.15) is 5.26 Å². The molecule has 1 rings (SSSR count). The van der Waals surface area contributed by atoms with Gasteiger partial charge >= 0.3 is 0 Å². The van der Waals surface area contributed by atoms with Crippen molar-refractivity contribution in [2.24, 2.45) is 5.41 Å². The van der Waals surface area contributed by atoms with Gasteiger partial charge in [-0.25, -0.2) is 0 Å². The first-order valence-electron chi connectivity index (χ1n) is 5.25. The van der Waals surface area contributed by atoms with Crippen LogP contribution < -0.4 is 0 Å². The van der Waals surface area contributed by atoms with Crippen molar-refractivity contribution in [2.45, 2.75) is 39.2 Å². The maximum atomic E-state index is 8.77. The molecule has 0 radical (unpaired) electrons. The van der Waals surface area contributed by atoms with E-state index in [4.69, 9.17) is 14.7 Å². The fourth-order valence-electron chi connectivity index (χ4n) is 1.37. The van der Waals surface area contributed by atoms with Gasteiger partial charge in [-0.3, -0.25) is 0 Å². The summed E-state index contributed by atoms with van der Waals surface area (Å²) in [7, 11) is 0. The van der Waals surface area contributed by atoms with E-state index in [1.54, 1.807) is 0 Å². The SMILES string of the molecule is CC(C)(C#N)CCOCC1CCCO1. The van der Waals surface area contributed by atoms with Crippen molar-refractivity contribution >= 4 is 0 Å². The molecule has 3 heteroatoms. The molecule has 1 atom stereocenters. The van der Waals surface area contributed by atoms with Crippen molar-refractivity contribution in [2.75, 3.05) is 19.8 Å². The minimum Gasteiger partial charge on any atom is -0.379 e. The Morgan fingerprint density at radius 3 is 2.93 bits per heavy atom. The monoisotopic (exact) mass is 197 g/mol. The molecule has 0 aromatic heterocycles. The van der Waals surface area contributed by atoms with Gasteiger partial charge in [0.15, 0.2) is 0 Å². The van der Waals surface area contributed by atoms with Crippen LogP contribution in [0.2, 0.25) is 0 Å². The highest BCUT2D eigenvalue weighted by Gasteiger charge is 2.18. The predicted molar refractivity (Wildman–Crippen MR) is 53.8 cm³/mol. The molecule has 1 heterocycles. The Kier molecular flexibility index (Phi) is 4.37. The Balaban J connectivity index is 2.02. The molecule has 80 valence electrons. The second kappa shape index (κ2) is 5.33. The Morgan fingerprint density at radius 1 is 1.57 bits per heavy atom. The lowest BCUT2D eigenvalue weighted by molar-refractivity contribution is 0.0119.